The molecule has 218 valence electrons. The van der Waals surface area contributed by atoms with Crippen molar-refractivity contribution in [3.8, 4) is 6.07 Å². The van der Waals surface area contributed by atoms with Crippen molar-refractivity contribution >= 4 is 38.3 Å². The van der Waals surface area contributed by atoms with Crippen molar-refractivity contribution < 1.29 is 13.2 Å². The van der Waals surface area contributed by atoms with E-state index in [0.717, 1.165) is 52.6 Å². The van der Waals surface area contributed by atoms with Crippen LogP contribution in [-0.4, -0.2) is 49.6 Å². The van der Waals surface area contributed by atoms with Gasteiger partial charge in [-0.15, -0.1) is 11.3 Å². The van der Waals surface area contributed by atoms with Gasteiger partial charge in [0.25, 0.3) is 0 Å². The highest BCUT2D eigenvalue weighted by atomic mass is 32.1. The molecule has 0 unspecified atom stereocenters. The molecule has 8 nitrogen and oxygen atoms in total. The molecule has 0 aliphatic heterocycles. The van der Waals surface area contributed by atoms with Gasteiger partial charge in [-0.05, 0) is 55.5 Å². The molecule has 0 radical (unpaired) electrons. The number of nitriles is 1. The van der Waals surface area contributed by atoms with Gasteiger partial charge in [-0.2, -0.15) is 23.5 Å². The molecule has 0 saturated heterocycles. The maximum atomic E-state index is 13.0. The number of alkyl halides is 3. The van der Waals surface area contributed by atoms with Gasteiger partial charge in [-0.3, -0.25) is 4.68 Å². The summed E-state index contributed by atoms with van der Waals surface area (Å²) in [6, 6.07) is 10.7. The lowest BCUT2D eigenvalue weighted by Crippen LogP contribution is -2.33. The summed E-state index contributed by atoms with van der Waals surface area (Å²) in [6.45, 7) is 3.40. The Morgan fingerprint density at radius 2 is 2.02 bits per heavy atom. The third-order valence-electron chi connectivity index (χ3n) is 8.28. The van der Waals surface area contributed by atoms with Crippen LogP contribution in [0.4, 0.5) is 19.0 Å². The first-order valence-corrected chi connectivity index (χ1v) is 14.7. The van der Waals surface area contributed by atoms with Gasteiger partial charge in [0, 0.05) is 60.3 Å². The number of nitrogens with zero attached hydrogens (tertiary/aromatic N) is 7. The van der Waals surface area contributed by atoms with Crippen molar-refractivity contribution in [2.24, 2.45) is 7.05 Å². The second kappa shape index (κ2) is 11.0. The fourth-order valence-electron chi connectivity index (χ4n) is 6.09. The maximum Gasteiger partial charge on any atom is 0.393 e. The first-order chi connectivity index (χ1) is 20.1. The first kappa shape index (κ1) is 28.2. The van der Waals surface area contributed by atoms with Crippen molar-refractivity contribution in [1.82, 2.24) is 29.6 Å². The van der Waals surface area contributed by atoms with Crippen LogP contribution in [0.3, 0.4) is 0 Å². The minimum absolute atomic E-state index is 0.217. The lowest BCUT2D eigenvalue weighted by Gasteiger charge is -2.26. The van der Waals surface area contributed by atoms with E-state index in [2.05, 4.69) is 50.4 Å². The molecule has 42 heavy (non-hydrogen) atoms. The van der Waals surface area contributed by atoms with Gasteiger partial charge in [0.05, 0.1) is 24.5 Å². The van der Waals surface area contributed by atoms with Crippen LogP contribution in [0.1, 0.15) is 46.5 Å². The summed E-state index contributed by atoms with van der Waals surface area (Å²) in [4.78, 5) is 11.6. The van der Waals surface area contributed by atoms with E-state index in [1.54, 1.807) is 10.7 Å². The molecular weight excluding hydrogens is 561 g/mol. The van der Waals surface area contributed by atoms with E-state index in [9.17, 15) is 18.4 Å². The Kier molecular flexibility index (Phi) is 7.41. The van der Waals surface area contributed by atoms with E-state index in [1.807, 2.05) is 37.1 Å². The number of fused-ring (bicyclic) bond motifs is 2. The predicted molar refractivity (Wildman–Crippen MR) is 158 cm³/mol. The highest BCUT2D eigenvalue weighted by molar-refractivity contribution is 7.18. The van der Waals surface area contributed by atoms with Crippen LogP contribution in [-0.2, 0) is 26.6 Å². The zero-order valence-electron chi connectivity index (χ0n) is 23.6. The Hall–Kier alpha value is -3.95. The second-order valence-electron chi connectivity index (χ2n) is 11.1. The van der Waals surface area contributed by atoms with Crippen LogP contribution in [0.25, 0.3) is 21.1 Å². The van der Waals surface area contributed by atoms with Crippen LogP contribution in [0.5, 0.6) is 0 Å². The van der Waals surface area contributed by atoms with Gasteiger partial charge < -0.3 is 14.8 Å². The van der Waals surface area contributed by atoms with Gasteiger partial charge in [0.2, 0.25) is 0 Å². The molecule has 5 aromatic rings. The van der Waals surface area contributed by atoms with Gasteiger partial charge >= 0.3 is 6.18 Å². The molecular formula is C30H31F3N8S. The summed E-state index contributed by atoms with van der Waals surface area (Å²) in [5, 5.41) is 19.5. The lowest BCUT2D eigenvalue weighted by molar-refractivity contribution is -0.126. The SMILES string of the molecule is Cc1c(CN[C@H]2CC[C@@H](N(C)c3ncnc4sc(CC(F)(F)F)cc34)C2)ccc2c1cc(C#N)n2Cc1cnn(C)c1. The van der Waals surface area contributed by atoms with Gasteiger partial charge in [0.15, 0.2) is 0 Å². The van der Waals surface area contributed by atoms with E-state index in [0.29, 0.717) is 40.9 Å². The van der Waals surface area contributed by atoms with Crippen LogP contribution in [0.2, 0.25) is 0 Å². The third-order valence-corrected chi connectivity index (χ3v) is 9.33. The Bertz CT molecular complexity index is 1790. The Balaban J connectivity index is 1.14. The minimum atomic E-state index is -4.25. The number of benzene rings is 1. The normalized spacial score (nSPS) is 17.4. The quantitative estimate of drug-likeness (QED) is 0.243. The summed E-state index contributed by atoms with van der Waals surface area (Å²) >= 11 is 1.08. The molecule has 6 rings (SSSR count). The van der Waals surface area contributed by atoms with E-state index in [1.165, 1.54) is 11.9 Å². The third kappa shape index (κ3) is 5.58. The van der Waals surface area contributed by atoms with E-state index >= 15 is 0 Å². The number of hydrogen-bond donors (Lipinski definition) is 1. The summed E-state index contributed by atoms with van der Waals surface area (Å²) in [7, 11) is 3.85. The van der Waals surface area contributed by atoms with E-state index < -0.39 is 12.6 Å². The first-order valence-electron chi connectivity index (χ1n) is 13.9. The number of rotatable bonds is 8. The molecule has 12 heteroatoms. The zero-order chi connectivity index (χ0) is 29.6. The Labute approximate surface area is 245 Å². The summed E-state index contributed by atoms with van der Waals surface area (Å²) < 4.78 is 42.7. The highest BCUT2D eigenvalue weighted by Gasteiger charge is 2.31. The van der Waals surface area contributed by atoms with Crippen molar-refractivity contribution in [2.75, 3.05) is 11.9 Å². The Morgan fingerprint density at radius 1 is 1.19 bits per heavy atom. The highest BCUT2D eigenvalue weighted by Crippen LogP contribution is 2.36. The standard InChI is InChI=1S/C30H31F3N8S/c1-18-20(4-7-27-25(18)9-23(12-34)41(27)16-19-13-38-39(2)15-19)14-35-21-5-6-22(8-21)40(3)28-26-10-24(11-30(31,32)33)42-29(26)37-17-36-28/h4,7,9-10,13,15,17,21-22,35H,5-6,8,11,14,16H2,1-3H3/t21-,22+/m0/s1. The maximum absolute atomic E-state index is 13.0. The number of aromatic nitrogens is 5. The number of halogens is 3. The fraction of sp³-hybridized carbons (Fsp3) is 0.400. The molecule has 1 aromatic carbocycles. The average Bonchev–Trinajstić information content (AvgIpc) is 3.73. The minimum Gasteiger partial charge on any atom is -0.356 e. The van der Waals surface area contributed by atoms with Crippen molar-refractivity contribution in [1.29, 1.82) is 5.26 Å². The number of hydrogen-bond acceptors (Lipinski definition) is 7. The number of nitrogens with one attached hydrogen (secondary N) is 1. The molecule has 1 saturated carbocycles. The van der Waals surface area contributed by atoms with Crippen LogP contribution < -0.4 is 10.2 Å². The molecule has 0 bridgehead atoms. The molecule has 2 atom stereocenters. The molecule has 0 amide bonds. The fourth-order valence-corrected chi connectivity index (χ4v) is 7.11. The van der Waals surface area contributed by atoms with Crippen molar-refractivity contribution in [3.05, 3.63) is 70.2 Å². The summed E-state index contributed by atoms with van der Waals surface area (Å²) in [5.41, 5.74) is 5.04. The molecule has 1 N–H and O–H groups in total. The topological polar surface area (TPSA) is 87.6 Å². The number of thiophene rings is 1. The smallest absolute Gasteiger partial charge is 0.356 e. The average molecular weight is 593 g/mol. The van der Waals surface area contributed by atoms with Crippen molar-refractivity contribution in [2.45, 2.75) is 64.0 Å². The molecule has 1 fully saturated rings. The molecule has 4 aromatic heterocycles. The van der Waals surface area contributed by atoms with Gasteiger partial charge in [-0.1, -0.05) is 6.07 Å². The zero-order valence-corrected chi connectivity index (χ0v) is 24.4. The lowest BCUT2D eigenvalue weighted by atomic mass is 10.0. The van der Waals surface area contributed by atoms with Crippen LogP contribution in [0.15, 0.2) is 43.0 Å². The Morgan fingerprint density at radius 3 is 2.76 bits per heavy atom. The van der Waals surface area contributed by atoms with Crippen LogP contribution >= 0.6 is 11.3 Å². The number of aryl methyl sites for hydroxylation is 2. The molecule has 1 aliphatic rings. The van der Waals surface area contributed by atoms with Crippen LogP contribution in [0, 0.1) is 18.3 Å². The number of anilines is 1. The summed E-state index contributed by atoms with van der Waals surface area (Å²) in [5.74, 6) is 0.681. The molecule has 1 aliphatic carbocycles. The van der Waals surface area contributed by atoms with Gasteiger partial charge in [0.1, 0.15) is 28.7 Å². The van der Waals surface area contributed by atoms with E-state index in [4.69, 9.17) is 0 Å². The van der Waals surface area contributed by atoms with E-state index in [-0.39, 0.29) is 10.9 Å². The van der Waals surface area contributed by atoms with Gasteiger partial charge in [-0.25, -0.2) is 9.97 Å². The summed E-state index contributed by atoms with van der Waals surface area (Å²) in [6.07, 6.45) is 2.87. The monoisotopic (exact) mass is 592 g/mol. The predicted octanol–water partition coefficient (Wildman–Crippen LogP) is 5.86. The molecule has 0 spiro atoms. The largest absolute Gasteiger partial charge is 0.393 e. The molecule has 4 heterocycles. The second-order valence-corrected chi connectivity index (χ2v) is 12.2. The van der Waals surface area contributed by atoms with Crippen molar-refractivity contribution in [3.63, 3.8) is 0 Å².